The fourth-order valence-corrected chi connectivity index (χ4v) is 1.72. The second-order valence-corrected chi connectivity index (χ2v) is 3.59. The topological polar surface area (TPSA) is 34.4 Å². The molecule has 3 nitrogen and oxygen atoms in total. The molecule has 3 heteroatoms. The van der Waals surface area contributed by atoms with Gasteiger partial charge in [-0.25, -0.2) is 4.98 Å². The summed E-state index contributed by atoms with van der Waals surface area (Å²) in [7, 11) is 0. The van der Waals surface area contributed by atoms with Gasteiger partial charge in [-0.2, -0.15) is 0 Å². The molecule has 2 heterocycles. The molecule has 15 heavy (non-hydrogen) atoms. The summed E-state index contributed by atoms with van der Waals surface area (Å²) in [5.74, 6) is 0. The third-order valence-electron chi connectivity index (χ3n) is 2.52. The maximum Gasteiger partial charge on any atom is 0.168 e. The molecule has 2 aromatic rings. The molecule has 0 bridgehead atoms. The zero-order valence-corrected chi connectivity index (χ0v) is 8.81. The lowest BCUT2D eigenvalue weighted by Crippen LogP contribution is -1.94. The van der Waals surface area contributed by atoms with Crippen LogP contribution in [0.1, 0.15) is 35.9 Å². The summed E-state index contributed by atoms with van der Waals surface area (Å²) in [6, 6.07) is 5.76. The summed E-state index contributed by atoms with van der Waals surface area (Å²) in [4.78, 5) is 15.5. The molecule has 0 aliphatic rings. The molecule has 0 aliphatic carbocycles. The van der Waals surface area contributed by atoms with E-state index >= 15 is 0 Å². The van der Waals surface area contributed by atoms with E-state index in [9.17, 15) is 4.79 Å². The number of aldehydes is 1. The lowest BCUT2D eigenvalue weighted by atomic mass is 10.2. The van der Waals surface area contributed by atoms with Crippen molar-refractivity contribution in [1.82, 2.24) is 9.38 Å². The standard InChI is InChI=1S/C12H14N2O/c1-2-3-6-10-11(9-15)14-8-5-4-7-12(14)13-10/h4-5,7-9H,2-3,6H2,1H3. The molecule has 0 saturated heterocycles. The number of pyridine rings is 1. The normalized spacial score (nSPS) is 10.7. The van der Waals surface area contributed by atoms with E-state index in [1.165, 1.54) is 0 Å². The van der Waals surface area contributed by atoms with E-state index in [0.29, 0.717) is 5.69 Å². The lowest BCUT2D eigenvalue weighted by Gasteiger charge is -1.95. The number of hydrogen-bond acceptors (Lipinski definition) is 2. The molecule has 2 aromatic heterocycles. The Labute approximate surface area is 88.8 Å². The van der Waals surface area contributed by atoms with Crippen LogP contribution in [0.2, 0.25) is 0 Å². The average Bonchev–Trinajstić information content (AvgIpc) is 2.63. The third-order valence-corrected chi connectivity index (χ3v) is 2.52. The lowest BCUT2D eigenvalue weighted by molar-refractivity contribution is 0.111. The first-order chi connectivity index (χ1) is 7.36. The van der Waals surface area contributed by atoms with Crippen LogP contribution in [0.25, 0.3) is 5.65 Å². The fourth-order valence-electron chi connectivity index (χ4n) is 1.72. The van der Waals surface area contributed by atoms with Gasteiger partial charge in [-0.1, -0.05) is 19.4 Å². The molecule has 78 valence electrons. The van der Waals surface area contributed by atoms with Crippen molar-refractivity contribution in [3.05, 3.63) is 35.8 Å². The number of imidazole rings is 1. The first-order valence-electron chi connectivity index (χ1n) is 5.28. The van der Waals surface area contributed by atoms with Gasteiger partial charge in [-0.15, -0.1) is 0 Å². The van der Waals surface area contributed by atoms with Gasteiger partial charge in [0.1, 0.15) is 11.3 Å². The van der Waals surface area contributed by atoms with Gasteiger partial charge in [0.05, 0.1) is 5.69 Å². The smallest absolute Gasteiger partial charge is 0.168 e. The Morgan fingerprint density at radius 3 is 3.07 bits per heavy atom. The van der Waals surface area contributed by atoms with Crippen LogP contribution in [-0.4, -0.2) is 15.7 Å². The van der Waals surface area contributed by atoms with E-state index in [2.05, 4.69) is 11.9 Å². The van der Waals surface area contributed by atoms with Gasteiger partial charge in [0.15, 0.2) is 6.29 Å². The predicted octanol–water partition coefficient (Wildman–Crippen LogP) is 2.49. The van der Waals surface area contributed by atoms with Crippen molar-refractivity contribution in [1.29, 1.82) is 0 Å². The van der Waals surface area contributed by atoms with Gasteiger partial charge in [0.25, 0.3) is 0 Å². The molecular formula is C12H14N2O. The molecule has 2 rings (SSSR count). The molecule has 0 unspecified atom stereocenters. The van der Waals surface area contributed by atoms with E-state index in [4.69, 9.17) is 0 Å². The summed E-state index contributed by atoms with van der Waals surface area (Å²) >= 11 is 0. The number of hydrogen-bond donors (Lipinski definition) is 0. The maximum atomic E-state index is 11.0. The van der Waals surface area contributed by atoms with Crippen molar-refractivity contribution in [2.24, 2.45) is 0 Å². The van der Waals surface area contributed by atoms with Gasteiger partial charge in [-0.3, -0.25) is 9.20 Å². The molecule has 0 spiro atoms. The van der Waals surface area contributed by atoms with Crippen LogP contribution in [-0.2, 0) is 6.42 Å². The monoisotopic (exact) mass is 202 g/mol. The molecule has 0 aromatic carbocycles. The van der Waals surface area contributed by atoms with Crippen LogP contribution >= 0.6 is 0 Å². The van der Waals surface area contributed by atoms with Crippen LogP contribution in [0, 0.1) is 0 Å². The highest BCUT2D eigenvalue weighted by molar-refractivity contribution is 5.76. The number of aryl methyl sites for hydroxylation is 1. The van der Waals surface area contributed by atoms with Crippen molar-refractivity contribution < 1.29 is 4.79 Å². The van der Waals surface area contributed by atoms with E-state index in [1.54, 1.807) is 0 Å². The highest BCUT2D eigenvalue weighted by atomic mass is 16.1. The first-order valence-corrected chi connectivity index (χ1v) is 5.28. The number of unbranched alkanes of at least 4 members (excludes halogenated alkanes) is 1. The molecule has 0 aliphatic heterocycles. The van der Waals surface area contributed by atoms with E-state index in [1.807, 2.05) is 28.8 Å². The average molecular weight is 202 g/mol. The van der Waals surface area contributed by atoms with Crippen molar-refractivity contribution >= 4 is 11.9 Å². The molecule has 0 N–H and O–H groups in total. The van der Waals surface area contributed by atoms with Gasteiger partial charge >= 0.3 is 0 Å². The van der Waals surface area contributed by atoms with E-state index in [-0.39, 0.29) is 0 Å². The number of carbonyl (C=O) groups is 1. The Kier molecular flexibility index (Phi) is 2.81. The van der Waals surface area contributed by atoms with Crippen LogP contribution in [0.4, 0.5) is 0 Å². The Morgan fingerprint density at radius 1 is 1.47 bits per heavy atom. The summed E-state index contributed by atoms with van der Waals surface area (Å²) in [5.41, 5.74) is 2.46. The predicted molar refractivity (Wildman–Crippen MR) is 59.2 cm³/mol. The van der Waals surface area contributed by atoms with E-state index < -0.39 is 0 Å². The SMILES string of the molecule is CCCCc1nc2ccccn2c1C=O. The van der Waals surface area contributed by atoms with Crippen LogP contribution < -0.4 is 0 Å². The van der Waals surface area contributed by atoms with Crippen molar-refractivity contribution in [2.45, 2.75) is 26.2 Å². The maximum absolute atomic E-state index is 11.0. The fraction of sp³-hybridized carbons (Fsp3) is 0.333. The Hall–Kier alpha value is -1.64. The molecule has 0 fully saturated rings. The number of rotatable bonds is 4. The minimum Gasteiger partial charge on any atom is -0.297 e. The highest BCUT2D eigenvalue weighted by Crippen LogP contribution is 2.12. The second-order valence-electron chi connectivity index (χ2n) is 3.59. The van der Waals surface area contributed by atoms with Gasteiger partial charge < -0.3 is 0 Å². The highest BCUT2D eigenvalue weighted by Gasteiger charge is 2.09. The van der Waals surface area contributed by atoms with Gasteiger partial charge in [0.2, 0.25) is 0 Å². The summed E-state index contributed by atoms with van der Waals surface area (Å²) in [6.45, 7) is 2.14. The van der Waals surface area contributed by atoms with Crippen molar-refractivity contribution in [3.8, 4) is 0 Å². The van der Waals surface area contributed by atoms with Crippen molar-refractivity contribution in [3.63, 3.8) is 0 Å². The van der Waals surface area contributed by atoms with E-state index in [0.717, 1.165) is 36.9 Å². The van der Waals surface area contributed by atoms with Crippen LogP contribution in [0.15, 0.2) is 24.4 Å². The zero-order valence-electron chi connectivity index (χ0n) is 8.81. The molecule has 0 atom stereocenters. The van der Waals surface area contributed by atoms with Crippen LogP contribution in [0.5, 0.6) is 0 Å². The zero-order chi connectivity index (χ0) is 10.7. The number of carbonyl (C=O) groups excluding carboxylic acids is 1. The first kappa shape index (κ1) is 9.90. The summed E-state index contributed by atoms with van der Waals surface area (Å²) in [5, 5.41) is 0. The molecular weight excluding hydrogens is 188 g/mol. The Morgan fingerprint density at radius 2 is 2.33 bits per heavy atom. The quantitative estimate of drug-likeness (QED) is 0.714. The molecule has 0 radical (unpaired) electrons. The Bertz CT molecular complexity index is 473. The second kappa shape index (κ2) is 4.26. The number of fused-ring (bicyclic) bond motifs is 1. The number of nitrogens with zero attached hydrogens (tertiary/aromatic N) is 2. The van der Waals surface area contributed by atoms with Gasteiger partial charge in [0, 0.05) is 6.20 Å². The molecule has 0 amide bonds. The third kappa shape index (κ3) is 1.77. The largest absolute Gasteiger partial charge is 0.297 e. The minimum atomic E-state index is 0.694. The number of aromatic nitrogens is 2. The summed E-state index contributed by atoms with van der Waals surface area (Å²) < 4.78 is 1.85. The van der Waals surface area contributed by atoms with Gasteiger partial charge in [-0.05, 0) is 25.0 Å². The minimum absolute atomic E-state index is 0.694. The Balaban J connectivity index is 2.49. The molecule has 0 saturated carbocycles. The summed E-state index contributed by atoms with van der Waals surface area (Å²) in [6.07, 6.45) is 5.84. The van der Waals surface area contributed by atoms with Crippen LogP contribution in [0.3, 0.4) is 0 Å². The van der Waals surface area contributed by atoms with Crippen molar-refractivity contribution in [2.75, 3.05) is 0 Å².